The van der Waals surface area contributed by atoms with Crippen molar-refractivity contribution in [3.8, 4) is 0 Å². The molecular weight excluding hydrogens is 242 g/mol. The fraction of sp³-hybridized carbons (Fsp3) is 0.700. The summed E-state index contributed by atoms with van der Waals surface area (Å²) in [4.78, 5) is 22.0. The molecule has 0 spiro atoms. The highest BCUT2D eigenvalue weighted by Crippen LogP contribution is 2.26. The van der Waals surface area contributed by atoms with Crippen molar-refractivity contribution < 1.29 is 9.92 Å². The van der Waals surface area contributed by atoms with Crippen LogP contribution in [0.15, 0.2) is 0 Å². The Morgan fingerprint density at radius 2 is 2.12 bits per heavy atom. The molecule has 0 unspecified atom stereocenters. The minimum atomic E-state index is -0.762. The molecule has 0 fully saturated rings. The number of thiazole rings is 1. The van der Waals surface area contributed by atoms with Crippen LogP contribution in [0.4, 0.5) is 5.13 Å². The lowest BCUT2D eigenvalue weighted by molar-refractivity contribution is -0.757. The predicted octanol–water partition coefficient (Wildman–Crippen LogP) is 2.05. The van der Waals surface area contributed by atoms with Gasteiger partial charge in [0, 0.05) is 24.4 Å². The summed E-state index contributed by atoms with van der Waals surface area (Å²) in [5.41, 5.74) is 0.934. The van der Waals surface area contributed by atoms with Crippen LogP contribution in [0.1, 0.15) is 24.4 Å². The van der Waals surface area contributed by atoms with Crippen LogP contribution in [0.25, 0.3) is 0 Å². The number of anilines is 1. The molecule has 0 atom stereocenters. The molecule has 96 valence electrons. The van der Waals surface area contributed by atoms with Crippen LogP contribution in [0.5, 0.6) is 0 Å². The van der Waals surface area contributed by atoms with Crippen LogP contribution in [0, 0.1) is 17.0 Å². The van der Waals surface area contributed by atoms with E-state index >= 15 is 0 Å². The van der Waals surface area contributed by atoms with Gasteiger partial charge in [-0.1, -0.05) is 0 Å². The minimum Gasteiger partial charge on any atom is -0.349 e. The lowest BCUT2D eigenvalue weighted by Gasteiger charge is -2.16. The van der Waals surface area contributed by atoms with Gasteiger partial charge in [0.05, 0.1) is 5.69 Å². The molecule has 0 amide bonds. The van der Waals surface area contributed by atoms with Crippen molar-refractivity contribution in [1.29, 1.82) is 0 Å². The van der Waals surface area contributed by atoms with E-state index in [9.17, 15) is 10.1 Å². The van der Waals surface area contributed by atoms with Crippen LogP contribution in [0.2, 0.25) is 0 Å². The predicted molar refractivity (Wildman–Crippen MR) is 67.1 cm³/mol. The molecule has 0 aliphatic heterocycles. The van der Waals surface area contributed by atoms with Gasteiger partial charge >= 0.3 is 0 Å². The van der Waals surface area contributed by atoms with Gasteiger partial charge in [0.2, 0.25) is 0 Å². The molecule has 1 aromatic rings. The first-order valence-electron chi connectivity index (χ1n) is 5.57. The Hall–Kier alpha value is -1.37. The van der Waals surface area contributed by atoms with Gasteiger partial charge in [-0.05, 0) is 20.8 Å². The number of hydrogen-bond acceptors (Lipinski definition) is 6. The SMILES string of the molecule is CCN(CC)c1nc(C)c(CCO[N+](=O)[O-])s1. The molecule has 0 aliphatic rings. The molecule has 1 heterocycles. The van der Waals surface area contributed by atoms with Gasteiger partial charge in [-0.25, -0.2) is 4.98 Å². The molecule has 0 saturated carbocycles. The molecule has 0 aromatic carbocycles. The third-order valence-electron chi connectivity index (χ3n) is 2.44. The zero-order valence-electron chi connectivity index (χ0n) is 10.3. The maximum Gasteiger partial charge on any atom is 0.294 e. The summed E-state index contributed by atoms with van der Waals surface area (Å²) in [5, 5.41) is 10.3. The number of aromatic nitrogens is 1. The van der Waals surface area contributed by atoms with E-state index in [1.165, 1.54) is 0 Å². The second-order valence-corrected chi connectivity index (χ2v) is 4.55. The molecule has 1 rings (SSSR count). The third kappa shape index (κ3) is 3.85. The van der Waals surface area contributed by atoms with Gasteiger partial charge in [-0.2, -0.15) is 0 Å². The van der Waals surface area contributed by atoms with Crippen molar-refractivity contribution in [3.63, 3.8) is 0 Å². The fourth-order valence-corrected chi connectivity index (χ4v) is 2.66. The van der Waals surface area contributed by atoms with Gasteiger partial charge in [0.15, 0.2) is 5.13 Å². The van der Waals surface area contributed by atoms with E-state index in [4.69, 9.17) is 0 Å². The van der Waals surface area contributed by atoms with Crippen molar-refractivity contribution in [2.24, 2.45) is 0 Å². The Balaban J connectivity index is 2.64. The van der Waals surface area contributed by atoms with Crippen molar-refractivity contribution >= 4 is 16.5 Å². The summed E-state index contributed by atoms with van der Waals surface area (Å²) < 4.78 is 0. The zero-order chi connectivity index (χ0) is 12.8. The Morgan fingerprint density at radius 1 is 1.47 bits per heavy atom. The standard InChI is InChI=1S/C10H17N3O3S/c1-4-12(5-2)10-11-8(3)9(17-10)6-7-16-13(14)15/h4-7H2,1-3H3. The third-order valence-corrected chi connectivity index (χ3v) is 3.72. The van der Waals surface area contributed by atoms with E-state index < -0.39 is 5.09 Å². The van der Waals surface area contributed by atoms with Crippen molar-refractivity contribution in [2.75, 3.05) is 24.6 Å². The first kappa shape index (κ1) is 13.7. The highest BCUT2D eigenvalue weighted by molar-refractivity contribution is 7.15. The molecule has 6 nitrogen and oxygen atoms in total. The van der Waals surface area contributed by atoms with Crippen molar-refractivity contribution in [3.05, 3.63) is 20.7 Å². The summed E-state index contributed by atoms with van der Waals surface area (Å²) in [6.45, 7) is 7.99. The average molecular weight is 259 g/mol. The minimum absolute atomic E-state index is 0.0910. The van der Waals surface area contributed by atoms with Crippen LogP contribution in [-0.2, 0) is 11.3 Å². The molecule has 0 aliphatic carbocycles. The molecule has 0 N–H and O–H groups in total. The van der Waals surface area contributed by atoms with E-state index in [0.29, 0.717) is 6.42 Å². The number of hydrogen-bond donors (Lipinski definition) is 0. The van der Waals surface area contributed by atoms with Crippen LogP contribution >= 0.6 is 11.3 Å². The van der Waals surface area contributed by atoms with Crippen molar-refractivity contribution in [2.45, 2.75) is 27.2 Å². The number of rotatable bonds is 7. The van der Waals surface area contributed by atoms with Crippen molar-refractivity contribution in [1.82, 2.24) is 4.98 Å². The highest BCUT2D eigenvalue weighted by atomic mass is 32.1. The largest absolute Gasteiger partial charge is 0.349 e. The molecule has 17 heavy (non-hydrogen) atoms. The monoisotopic (exact) mass is 259 g/mol. The maximum absolute atomic E-state index is 10.0. The van der Waals surface area contributed by atoms with E-state index in [0.717, 1.165) is 28.8 Å². The van der Waals surface area contributed by atoms with Crippen LogP contribution in [-0.4, -0.2) is 29.8 Å². The Bertz CT molecular complexity index is 377. The lowest BCUT2D eigenvalue weighted by atomic mass is 10.3. The summed E-state index contributed by atoms with van der Waals surface area (Å²) in [6.07, 6.45) is 0.533. The molecule has 1 aromatic heterocycles. The van der Waals surface area contributed by atoms with Gasteiger partial charge in [-0.3, -0.25) is 0 Å². The Morgan fingerprint density at radius 3 is 2.65 bits per heavy atom. The quantitative estimate of drug-likeness (QED) is 0.553. The number of nitrogens with zero attached hydrogens (tertiary/aromatic N) is 3. The summed E-state index contributed by atoms with van der Waals surface area (Å²) in [6, 6.07) is 0. The first-order chi connectivity index (χ1) is 8.08. The summed E-state index contributed by atoms with van der Waals surface area (Å²) in [5.74, 6) is 0. The summed E-state index contributed by atoms with van der Waals surface area (Å²) >= 11 is 1.58. The molecule has 7 heteroatoms. The topological polar surface area (TPSA) is 68.5 Å². The maximum atomic E-state index is 10.0. The first-order valence-corrected chi connectivity index (χ1v) is 6.38. The smallest absolute Gasteiger partial charge is 0.294 e. The van der Waals surface area contributed by atoms with E-state index in [2.05, 4.69) is 28.6 Å². The normalized spacial score (nSPS) is 10.3. The average Bonchev–Trinajstić information content (AvgIpc) is 2.62. The van der Waals surface area contributed by atoms with Crippen LogP contribution < -0.4 is 4.90 Å². The Labute approximate surface area is 104 Å². The van der Waals surface area contributed by atoms with E-state index in [1.807, 2.05) is 6.92 Å². The van der Waals surface area contributed by atoms with E-state index in [1.54, 1.807) is 11.3 Å². The fourth-order valence-electron chi connectivity index (χ4n) is 1.49. The lowest BCUT2D eigenvalue weighted by Crippen LogP contribution is -2.21. The molecular formula is C10H17N3O3S. The highest BCUT2D eigenvalue weighted by Gasteiger charge is 2.11. The van der Waals surface area contributed by atoms with E-state index in [-0.39, 0.29) is 6.61 Å². The second-order valence-electron chi connectivity index (χ2n) is 3.48. The summed E-state index contributed by atoms with van der Waals surface area (Å²) in [7, 11) is 0. The van der Waals surface area contributed by atoms with Gasteiger partial charge < -0.3 is 9.74 Å². The number of aryl methyl sites for hydroxylation is 1. The zero-order valence-corrected chi connectivity index (χ0v) is 11.1. The Kier molecular flexibility index (Phi) is 5.14. The molecule has 0 saturated heterocycles. The second kappa shape index (κ2) is 6.39. The van der Waals surface area contributed by atoms with Crippen LogP contribution in [0.3, 0.4) is 0 Å². The molecule has 0 radical (unpaired) electrons. The van der Waals surface area contributed by atoms with Gasteiger partial charge in [-0.15, -0.1) is 21.5 Å². The van der Waals surface area contributed by atoms with Gasteiger partial charge in [0.25, 0.3) is 5.09 Å². The molecule has 0 bridgehead atoms. The van der Waals surface area contributed by atoms with Gasteiger partial charge in [0.1, 0.15) is 6.61 Å².